The Morgan fingerprint density at radius 3 is 2.58 bits per heavy atom. The van der Waals surface area contributed by atoms with Crippen molar-refractivity contribution in [1.29, 1.82) is 0 Å². The number of carbonyl (C=O) groups excluding carboxylic acids is 2. The summed E-state index contributed by atoms with van der Waals surface area (Å²) in [5.41, 5.74) is -2.29. The first kappa shape index (κ1) is 21.1. The van der Waals surface area contributed by atoms with Crippen LogP contribution < -0.4 is 0 Å². The van der Waals surface area contributed by atoms with Crippen LogP contribution in [0.5, 0.6) is 0 Å². The van der Waals surface area contributed by atoms with Crippen LogP contribution in [0.4, 0.5) is 0 Å². The third kappa shape index (κ3) is 4.74. The summed E-state index contributed by atoms with van der Waals surface area (Å²) < 4.78 is 12.0. The van der Waals surface area contributed by atoms with Gasteiger partial charge in [0.25, 0.3) is 6.47 Å². The molecule has 0 aromatic rings. The molecule has 5 nitrogen and oxygen atoms in total. The van der Waals surface area contributed by atoms with E-state index >= 15 is 0 Å². The van der Waals surface area contributed by atoms with Gasteiger partial charge in [-0.15, -0.1) is 0 Å². The lowest BCUT2D eigenvalue weighted by atomic mass is 9.82. The Hall–Kier alpha value is -1.20. The van der Waals surface area contributed by atoms with Gasteiger partial charge < -0.3 is 14.6 Å². The van der Waals surface area contributed by atoms with Crippen molar-refractivity contribution in [3.8, 4) is 0 Å². The van der Waals surface area contributed by atoms with Gasteiger partial charge in [0, 0.05) is 12.8 Å². The van der Waals surface area contributed by atoms with Gasteiger partial charge in [-0.1, -0.05) is 32.9 Å². The van der Waals surface area contributed by atoms with Crippen molar-refractivity contribution in [1.82, 2.24) is 0 Å². The Morgan fingerprint density at radius 1 is 1.27 bits per heavy atom. The van der Waals surface area contributed by atoms with E-state index in [2.05, 4.69) is 13.8 Å². The van der Waals surface area contributed by atoms with E-state index in [-0.39, 0.29) is 30.1 Å². The first-order valence-electron chi connectivity index (χ1n) is 9.76. The highest BCUT2D eigenvalue weighted by Crippen LogP contribution is 2.47. The molecule has 0 saturated carbocycles. The zero-order valence-corrected chi connectivity index (χ0v) is 16.8. The van der Waals surface area contributed by atoms with Crippen LogP contribution in [0.25, 0.3) is 0 Å². The van der Waals surface area contributed by atoms with Crippen molar-refractivity contribution >= 4 is 12.3 Å². The van der Waals surface area contributed by atoms with E-state index in [0.717, 1.165) is 19.3 Å². The van der Waals surface area contributed by atoms with E-state index < -0.39 is 16.8 Å². The largest absolute Gasteiger partial charge is 0.462 e. The lowest BCUT2D eigenvalue weighted by Crippen LogP contribution is -2.45. The molecule has 5 unspecified atom stereocenters. The van der Waals surface area contributed by atoms with Crippen molar-refractivity contribution in [2.75, 3.05) is 0 Å². The quantitative estimate of drug-likeness (QED) is 0.610. The summed E-state index contributed by atoms with van der Waals surface area (Å²) in [6, 6.07) is 0. The molecule has 148 valence electrons. The van der Waals surface area contributed by atoms with Gasteiger partial charge in [0.1, 0.15) is 17.5 Å². The average molecular weight is 366 g/mol. The van der Waals surface area contributed by atoms with Crippen molar-refractivity contribution < 1.29 is 24.2 Å². The molecule has 0 radical (unpaired) electrons. The lowest BCUT2D eigenvalue weighted by Gasteiger charge is -2.38. The molecule has 2 bridgehead atoms. The first-order valence-corrected chi connectivity index (χ1v) is 9.76. The minimum atomic E-state index is -1.19. The summed E-state index contributed by atoms with van der Waals surface area (Å²) >= 11 is 0. The SMILES string of the molecule is CC1CCC(OC=O)C2(C)CCC(C(C)C)(C=CC(C)(O)CC(=O)C1)O2. The van der Waals surface area contributed by atoms with E-state index in [9.17, 15) is 14.7 Å². The molecule has 0 aliphatic carbocycles. The Kier molecular flexibility index (Phi) is 6.34. The normalized spacial score (nSPS) is 42.0. The predicted octanol–water partition coefficient (Wildman–Crippen LogP) is 3.58. The van der Waals surface area contributed by atoms with Crippen LogP contribution in [0.1, 0.15) is 73.1 Å². The van der Waals surface area contributed by atoms with Crippen molar-refractivity contribution in [2.24, 2.45) is 11.8 Å². The summed E-state index contributed by atoms with van der Waals surface area (Å²) in [6.45, 7) is 10.4. The Labute approximate surface area is 157 Å². The summed E-state index contributed by atoms with van der Waals surface area (Å²) in [7, 11) is 0. The van der Waals surface area contributed by atoms with E-state index in [1.165, 1.54) is 0 Å². The van der Waals surface area contributed by atoms with E-state index in [4.69, 9.17) is 9.47 Å². The molecule has 1 saturated heterocycles. The summed E-state index contributed by atoms with van der Waals surface area (Å²) in [6.07, 6.45) is 6.83. The van der Waals surface area contributed by atoms with Gasteiger partial charge in [0.15, 0.2) is 0 Å². The number of hydrogen-bond acceptors (Lipinski definition) is 5. The van der Waals surface area contributed by atoms with Gasteiger partial charge in [-0.25, -0.2) is 0 Å². The number of fused-ring (bicyclic) bond motifs is 2. The topological polar surface area (TPSA) is 72.8 Å². The maximum atomic E-state index is 12.3. The number of aliphatic hydroxyl groups is 1. The molecule has 5 heteroatoms. The van der Waals surface area contributed by atoms with E-state index in [1.54, 1.807) is 13.0 Å². The van der Waals surface area contributed by atoms with Crippen molar-refractivity contribution in [3.63, 3.8) is 0 Å². The molecule has 0 spiro atoms. The second kappa shape index (κ2) is 7.81. The monoisotopic (exact) mass is 366 g/mol. The number of ketones is 1. The molecule has 0 aromatic carbocycles. The van der Waals surface area contributed by atoms with Crippen LogP contribution in [0, 0.1) is 11.8 Å². The molecule has 2 heterocycles. The highest BCUT2D eigenvalue weighted by Gasteiger charge is 2.51. The second-order valence-corrected chi connectivity index (χ2v) is 9.04. The molecule has 0 aromatic heterocycles. The van der Waals surface area contributed by atoms with E-state index in [1.807, 2.05) is 19.9 Å². The number of ether oxygens (including phenoxy) is 2. The summed E-state index contributed by atoms with van der Waals surface area (Å²) in [4.78, 5) is 23.4. The van der Waals surface area contributed by atoms with E-state index in [0.29, 0.717) is 19.3 Å². The predicted molar refractivity (Wildman–Crippen MR) is 99.6 cm³/mol. The molecular weight excluding hydrogens is 332 g/mol. The van der Waals surface area contributed by atoms with Crippen LogP contribution in [0.2, 0.25) is 0 Å². The number of carbonyl (C=O) groups is 2. The highest BCUT2D eigenvalue weighted by molar-refractivity contribution is 5.79. The minimum absolute atomic E-state index is 0.0511. The van der Waals surface area contributed by atoms with Crippen LogP contribution in [0.3, 0.4) is 0 Å². The fourth-order valence-corrected chi connectivity index (χ4v) is 4.28. The van der Waals surface area contributed by atoms with Gasteiger partial charge in [-0.3, -0.25) is 9.59 Å². The summed E-state index contributed by atoms with van der Waals surface area (Å²) in [5.74, 6) is 0.406. The molecule has 2 rings (SSSR count). The fourth-order valence-electron chi connectivity index (χ4n) is 4.28. The Bertz CT molecular complexity index is 553. The van der Waals surface area contributed by atoms with Crippen molar-refractivity contribution in [2.45, 2.75) is 96.1 Å². The van der Waals surface area contributed by atoms with Crippen LogP contribution >= 0.6 is 0 Å². The van der Waals surface area contributed by atoms with Gasteiger partial charge >= 0.3 is 0 Å². The molecule has 5 atom stereocenters. The number of rotatable bonds is 3. The van der Waals surface area contributed by atoms with Crippen LogP contribution in [-0.2, 0) is 19.1 Å². The second-order valence-electron chi connectivity index (χ2n) is 9.04. The van der Waals surface area contributed by atoms with Crippen LogP contribution in [0.15, 0.2) is 12.2 Å². The standard InChI is InChI=1S/C21H34O5/c1-15(2)21-10-8-19(4,24)13-17(23)12-16(3)6-7-18(25-14-22)20(5,26-21)9-11-21/h8,10,14-16,18,24H,6-7,9,11-13H2,1-5H3. The third-order valence-electron chi connectivity index (χ3n) is 6.09. The Balaban J connectivity index is 2.41. The average Bonchev–Trinajstić information content (AvgIpc) is 2.88. The number of Topliss-reactive ketones (excluding diaryl/α,β-unsaturated/α-hetero) is 1. The molecular formula is C21H34O5. The Morgan fingerprint density at radius 2 is 1.96 bits per heavy atom. The summed E-state index contributed by atoms with van der Waals surface area (Å²) in [5, 5.41) is 10.7. The minimum Gasteiger partial charge on any atom is -0.462 e. The van der Waals surface area contributed by atoms with Crippen LogP contribution in [-0.4, -0.2) is 40.3 Å². The fraction of sp³-hybridized carbons (Fsp3) is 0.810. The molecule has 2 aliphatic rings. The van der Waals surface area contributed by atoms with Gasteiger partial charge in [-0.2, -0.15) is 0 Å². The van der Waals surface area contributed by atoms with Crippen molar-refractivity contribution in [3.05, 3.63) is 12.2 Å². The van der Waals surface area contributed by atoms with Gasteiger partial charge in [-0.05, 0) is 51.4 Å². The molecule has 1 N–H and O–H groups in total. The molecule has 0 amide bonds. The van der Waals surface area contributed by atoms with Gasteiger partial charge in [0.2, 0.25) is 0 Å². The van der Waals surface area contributed by atoms with Gasteiger partial charge in [0.05, 0.1) is 11.2 Å². The third-order valence-corrected chi connectivity index (χ3v) is 6.09. The lowest BCUT2D eigenvalue weighted by molar-refractivity contribution is -0.170. The zero-order valence-electron chi connectivity index (χ0n) is 16.8. The first-order chi connectivity index (χ1) is 12.0. The number of hydrogen-bond donors (Lipinski definition) is 1. The molecule has 2 aliphatic heterocycles. The molecule has 1 fully saturated rings. The maximum Gasteiger partial charge on any atom is 0.293 e. The zero-order chi connectivity index (χ0) is 19.6. The highest BCUT2D eigenvalue weighted by atomic mass is 16.6. The maximum absolute atomic E-state index is 12.3. The smallest absolute Gasteiger partial charge is 0.293 e. The molecule has 26 heavy (non-hydrogen) atoms.